The van der Waals surface area contributed by atoms with Gasteiger partial charge in [-0.05, 0) is 61.4 Å². The van der Waals surface area contributed by atoms with E-state index < -0.39 is 10.8 Å². The van der Waals surface area contributed by atoms with Crippen LogP contribution < -0.4 is 10.2 Å². The van der Waals surface area contributed by atoms with E-state index in [1.54, 1.807) is 59.5 Å². The minimum Gasteiger partial charge on any atom is -0.350 e. The molecular formula is C25H23ClN2O3S. The lowest BCUT2D eigenvalue weighted by molar-refractivity contribution is 0.0936. The SMILES string of the molecule is CC[C@@H](C)NC(=O)c1ccc2c(c1)N(Cc1cccc(Cl)c1)C(=O)c1ccccc1[S@@]2=O. The molecule has 164 valence electrons. The lowest BCUT2D eigenvalue weighted by Gasteiger charge is -2.24. The highest BCUT2D eigenvalue weighted by Crippen LogP contribution is 2.36. The number of nitrogens with one attached hydrogen (secondary N) is 1. The molecule has 4 rings (SSSR count). The molecule has 5 nitrogen and oxygen atoms in total. The fourth-order valence-corrected chi connectivity index (χ4v) is 5.15. The van der Waals surface area contributed by atoms with Gasteiger partial charge in [-0.15, -0.1) is 0 Å². The van der Waals surface area contributed by atoms with E-state index in [2.05, 4.69) is 5.32 Å². The Morgan fingerprint density at radius 3 is 2.59 bits per heavy atom. The number of rotatable bonds is 5. The Hall–Kier alpha value is -2.96. The van der Waals surface area contributed by atoms with E-state index in [9.17, 15) is 13.8 Å². The van der Waals surface area contributed by atoms with Gasteiger partial charge in [0.2, 0.25) is 0 Å². The van der Waals surface area contributed by atoms with E-state index >= 15 is 0 Å². The molecule has 7 heteroatoms. The summed E-state index contributed by atoms with van der Waals surface area (Å²) in [7, 11) is -1.57. The molecule has 32 heavy (non-hydrogen) atoms. The number of nitrogens with zero attached hydrogens (tertiary/aromatic N) is 1. The van der Waals surface area contributed by atoms with Crippen molar-refractivity contribution < 1.29 is 13.8 Å². The lowest BCUT2D eigenvalue weighted by atomic mass is 10.1. The Kier molecular flexibility index (Phi) is 6.44. The van der Waals surface area contributed by atoms with Gasteiger partial charge in [0, 0.05) is 16.6 Å². The third kappa shape index (κ3) is 4.33. The third-order valence-electron chi connectivity index (χ3n) is 5.49. The molecule has 0 unspecified atom stereocenters. The summed E-state index contributed by atoms with van der Waals surface area (Å²) >= 11 is 6.16. The molecule has 0 fully saturated rings. The van der Waals surface area contributed by atoms with Gasteiger partial charge < -0.3 is 10.2 Å². The van der Waals surface area contributed by atoms with E-state index in [1.165, 1.54) is 0 Å². The van der Waals surface area contributed by atoms with E-state index in [-0.39, 0.29) is 24.4 Å². The van der Waals surface area contributed by atoms with Crippen molar-refractivity contribution in [2.75, 3.05) is 4.90 Å². The van der Waals surface area contributed by atoms with Gasteiger partial charge in [0.15, 0.2) is 0 Å². The first-order valence-corrected chi connectivity index (χ1v) is 11.9. The topological polar surface area (TPSA) is 66.5 Å². The number of hydrogen-bond donors (Lipinski definition) is 1. The second kappa shape index (κ2) is 9.27. The lowest BCUT2D eigenvalue weighted by Crippen LogP contribution is -2.33. The number of benzene rings is 3. The van der Waals surface area contributed by atoms with Crippen LogP contribution in [0, 0.1) is 0 Å². The molecule has 0 aliphatic carbocycles. The van der Waals surface area contributed by atoms with Crippen LogP contribution in [0.5, 0.6) is 0 Å². The van der Waals surface area contributed by atoms with Crippen molar-refractivity contribution in [3.8, 4) is 0 Å². The molecule has 2 amide bonds. The van der Waals surface area contributed by atoms with Crippen LogP contribution in [0.4, 0.5) is 5.69 Å². The highest BCUT2D eigenvalue weighted by Gasteiger charge is 2.31. The number of fused-ring (bicyclic) bond motifs is 2. The van der Waals surface area contributed by atoms with E-state index in [0.717, 1.165) is 12.0 Å². The Morgan fingerprint density at radius 2 is 1.84 bits per heavy atom. The van der Waals surface area contributed by atoms with Crippen LogP contribution in [0.1, 0.15) is 46.5 Å². The molecule has 0 spiro atoms. The second-order valence-corrected chi connectivity index (χ2v) is 9.60. The summed E-state index contributed by atoms with van der Waals surface area (Å²) in [5.74, 6) is -0.503. The predicted molar refractivity (Wildman–Crippen MR) is 127 cm³/mol. The fourth-order valence-electron chi connectivity index (χ4n) is 3.59. The smallest absolute Gasteiger partial charge is 0.259 e. The van der Waals surface area contributed by atoms with Gasteiger partial charge in [-0.25, -0.2) is 4.21 Å². The average Bonchev–Trinajstić information content (AvgIpc) is 2.88. The highest BCUT2D eigenvalue weighted by atomic mass is 35.5. The van der Waals surface area contributed by atoms with Gasteiger partial charge in [0.1, 0.15) is 0 Å². The van der Waals surface area contributed by atoms with Crippen LogP contribution in [0.2, 0.25) is 5.02 Å². The summed E-state index contributed by atoms with van der Waals surface area (Å²) in [6.07, 6.45) is 0.801. The second-order valence-electron chi connectivity index (χ2n) is 7.75. The van der Waals surface area contributed by atoms with Crippen LogP contribution >= 0.6 is 11.6 Å². The average molecular weight is 467 g/mol. The van der Waals surface area contributed by atoms with Gasteiger partial charge >= 0.3 is 0 Å². The predicted octanol–water partition coefficient (Wildman–Crippen LogP) is 5.20. The van der Waals surface area contributed by atoms with Gasteiger partial charge in [0.25, 0.3) is 11.8 Å². The van der Waals surface area contributed by atoms with Crippen LogP contribution in [0.25, 0.3) is 0 Å². The quantitative estimate of drug-likeness (QED) is 0.562. The standard InChI is InChI=1S/C25H23ClN2O3S/c1-3-16(2)27-24(29)18-11-12-23-21(14-18)28(15-17-7-6-8-19(26)13-17)25(30)20-9-4-5-10-22(20)32(23)31/h4-14,16H,3,15H2,1-2H3,(H,27,29)/t16-,32+/m1/s1. The summed E-state index contributed by atoms with van der Waals surface area (Å²) in [4.78, 5) is 28.9. The molecule has 3 aromatic carbocycles. The maximum Gasteiger partial charge on any atom is 0.259 e. The molecule has 1 aliphatic heterocycles. The molecule has 3 aromatic rings. The molecule has 1 heterocycles. The Morgan fingerprint density at radius 1 is 1.06 bits per heavy atom. The highest BCUT2D eigenvalue weighted by molar-refractivity contribution is 7.85. The number of carbonyl (C=O) groups excluding carboxylic acids is 2. The molecule has 0 saturated heterocycles. The summed E-state index contributed by atoms with van der Waals surface area (Å²) in [6.45, 7) is 4.16. The molecule has 0 radical (unpaired) electrons. The minimum absolute atomic E-state index is 0.0175. The molecule has 2 atom stereocenters. The zero-order chi connectivity index (χ0) is 22.8. The molecule has 1 aliphatic rings. The van der Waals surface area contributed by atoms with Crippen molar-refractivity contribution in [3.05, 3.63) is 88.4 Å². The molecule has 0 bridgehead atoms. The number of anilines is 1. The third-order valence-corrected chi connectivity index (χ3v) is 7.23. The molecule has 0 aromatic heterocycles. The van der Waals surface area contributed by atoms with Crippen molar-refractivity contribution in [2.45, 2.75) is 42.6 Å². The zero-order valence-electron chi connectivity index (χ0n) is 17.8. The maximum absolute atomic E-state index is 13.6. The van der Waals surface area contributed by atoms with Crippen molar-refractivity contribution in [1.29, 1.82) is 0 Å². The molecular weight excluding hydrogens is 444 g/mol. The summed E-state index contributed by atoms with van der Waals surface area (Å²) in [6, 6.07) is 19.2. The van der Waals surface area contributed by atoms with Gasteiger partial charge in [-0.1, -0.05) is 42.8 Å². The van der Waals surface area contributed by atoms with Gasteiger partial charge in [-0.3, -0.25) is 9.59 Å². The first-order chi connectivity index (χ1) is 15.4. The number of carbonyl (C=O) groups is 2. The normalized spacial score (nSPS) is 16.0. The number of amides is 2. The maximum atomic E-state index is 13.6. The Bertz CT molecular complexity index is 1230. The van der Waals surface area contributed by atoms with Crippen molar-refractivity contribution in [2.24, 2.45) is 0 Å². The number of hydrogen-bond acceptors (Lipinski definition) is 3. The number of halogens is 1. The zero-order valence-corrected chi connectivity index (χ0v) is 19.4. The van der Waals surface area contributed by atoms with Crippen LogP contribution in [-0.2, 0) is 17.3 Å². The van der Waals surface area contributed by atoms with Crippen LogP contribution in [0.3, 0.4) is 0 Å². The minimum atomic E-state index is -1.57. The monoisotopic (exact) mass is 466 g/mol. The van der Waals surface area contributed by atoms with Crippen LogP contribution in [0.15, 0.2) is 76.5 Å². The fraction of sp³-hybridized carbons (Fsp3) is 0.200. The first-order valence-electron chi connectivity index (χ1n) is 10.4. The van der Waals surface area contributed by atoms with Crippen molar-refractivity contribution >= 4 is 39.9 Å². The first kappa shape index (κ1) is 22.2. The van der Waals surface area contributed by atoms with E-state index in [0.29, 0.717) is 31.6 Å². The van der Waals surface area contributed by atoms with E-state index in [4.69, 9.17) is 11.6 Å². The van der Waals surface area contributed by atoms with Crippen LogP contribution in [-0.4, -0.2) is 22.1 Å². The van der Waals surface area contributed by atoms with Gasteiger partial charge in [-0.2, -0.15) is 0 Å². The summed E-state index contributed by atoms with van der Waals surface area (Å²) < 4.78 is 13.4. The summed E-state index contributed by atoms with van der Waals surface area (Å²) in [5.41, 5.74) is 2.09. The Labute approximate surface area is 194 Å². The van der Waals surface area contributed by atoms with E-state index in [1.807, 2.05) is 26.0 Å². The largest absolute Gasteiger partial charge is 0.350 e. The molecule has 0 saturated carbocycles. The Balaban J connectivity index is 1.85. The van der Waals surface area contributed by atoms with Crippen molar-refractivity contribution in [1.82, 2.24) is 5.32 Å². The van der Waals surface area contributed by atoms with Crippen molar-refractivity contribution in [3.63, 3.8) is 0 Å². The van der Waals surface area contributed by atoms with Gasteiger partial charge in [0.05, 0.1) is 38.4 Å². The summed E-state index contributed by atoms with van der Waals surface area (Å²) in [5, 5.41) is 3.51. The molecule has 1 N–H and O–H groups in total.